The lowest BCUT2D eigenvalue weighted by Crippen LogP contribution is -2.49. The van der Waals surface area contributed by atoms with Gasteiger partial charge in [-0.1, -0.05) is 30.3 Å². The average molecular weight is 427 g/mol. The van der Waals surface area contributed by atoms with Crippen LogP contribution >= 0.6 is 0 Å². The van der Waals surface area contributed by atoms with E-state index in [4.69, 9.17) is 0 Å². The molecule has 0 radical (unpaired) electrons. The lowest BCUT2D eigenvalue weighted by molar-refractivity contribution is -0.139. The van der Waals surface area contributed by atoms with Crippen LogP contribution in [0, 0.1) is 5.92 Å². The summed E-state index contributed by atoms with van der Waals surface area (Å²) >= 11 is 0. The van der Waals surface area contributed by atoms with Gasteiger partial charge >= 0.3 is 0 Å². The van der Waals surface area contributed by atoms with Gasteiger partial charge in [0, 0.05) is 38.7 Å². The molecule has 8 heteroatoms. The molecule has 1 aromatic rings. The van der Waals surface area contributed by atoms with Crippen LogP contribution < -0.4 is 10.6 Å². The highest BCUT2D eigenvalue weighted by atomic mass is 16.2. The molecule has 2 N–H and O–H groups in total. The molecule has 166 valence electrons. The third-order valence-electron chi connectivity index (χ3n) is 5.93. The van der Waals surface area contributed by atoms with Crippen molar-refractivity contribution in [3.05, 3.63) is 42.0 Å². The van der Waals surface area contributed by atoms with E-state index >= 15 is 0 Å². The van der Waals surface area contributed by atoms with Crippen molar-refractivity contribution in [3.8, 4) is 0 Å². The lowest BCUT2D eigenvalue weighted by atomic mass is 9.96. The molecule has 2 fully saturated rings. The number of piperidine rings is 1. The summed E-state index contributed by atoms with van der Waals surface area (Å²) in [6.45, 7) is 1.44. The molecule has 0 bridgehead atoms. The predicted octanol–water partition coefficient (Wildman–Crippen LogP) is 0.792. The number of amides is 4. The summed E-state index contributed by atoms with van der Waals surface area (Å²) < 4.78 is 0. The van der Waals surface area contributed by atoms with Crippen LogP contribution in [0.5, 0.6) is 0 Å². The molecular weight excluding hydrogens is 396 g/mol. The second kappa shape index (κ2) is 10.7. The minimum atomic E-state index is -0.451. The molecule has 8 nitrogen and oxygen atoms in total. The third kappa shape index (κ3) is 5.93. The van der Waals surface area contributed by atoms with Crippen molar-refractivity contribution in [2.24, 2.45) is 5.92 Å². The minimum Gasteiger partial charge on any atom is -0.357 e. The van der Waals surface area contributed by atoms with Gasteiger partial charge in [0.05, 0.1) is 6.54 Å². The van der Waals surface area contributed by atoms with E-state index in [1.807, 2.05) is 30.3 Å². The van der Waals surface area contributed by atoms with Gasteiger partial charge in [0.15, 0.2) is 0 Å². The van der Waals surface area contributed by atoms with E-state index in [-0.39, 0.29) is 36.1 Å². The van der Waals surface area contributed by atoms with E-state index in [0.29, 0.717) is 38.9 Å². The summed E-state index contributed by atoms with van der Waals surface area (Å²) in [7, 11) is 1.56. The Balaban J connectivity index is 1.42. The molecule has 0 aliphatic carbocycles. The van der Waals surface area contributed by atoms with E-state index < -0.39 is 6.04 Å². The number of rotatable bonds is 6. The largest absolute Gasteiger partial charge is 0.357 e. The maximum Gasteiger partial charge on any atom is 0.246 e. The van der Waals surface area contributed by atoms with Crippen LogP contribution in [-0.2, 0) is 19.2 Å². The second-order valence-corrected chi connectivity index (χ2v) is 7.92. The van der Waals surface area contributed by atoms with E-state index in [1.165, 1.54) is 0 Å². The number of benzene rings is 1. The Kier molecular flexibility index (Phi) is 7.81. The van der Waals surface area contributed by atoms with Gasteiger partial charge in [0.25, 0.3) is 0 Å². The van der Waals surface area contributed by atoms with Crippen LogP contribution in [0.15, 0.2) is 36.4 Å². The van der Waals surface area contributed by atoms with Gasteiger partial charge in [0.2, 0.25) is 23.6 Å². The second-order valence-electron chi connectivity index (χ2n) is 7.92. The third-order valence-corrected chi connectivity index (χ3v) is 5.93. The van der Waals surface area contributed by atoms with Crippen molar-refractivity contribution in [3.63, 3.8) is 0 Å². The van der Waals surface area contributed by atoms with Crippen LogP contribution in [0.2, 0.25) is 0 Å². The van der Waals surface area contributed by atoms with Crippen LogP contribution in [0.25, 0.3) is 6.08 Å². The van der Waals surface area contributed by atoms with Gasteiger partial charge < -0.3 is 20.4 Å². The summed E-state index contributed by atoms with van der Waals surface area (Å²) in [5, 5.41) is 5.30. The Labute approximate surface area is 182 Å². The van der Waals surface area contributed by atoms with Crippen LogP contribution in [0.4, 0.5) is 0 Å². The fourth-order valence-corrected chi connectivity index (χ4v) is 4.11. The molecule has 2 saturated heterocycles. The van der Waals surface area contributed by atoms with E-state index in [0.717, 1.165) is 12.0 Å². The Morgan fingerprint density at radius 2 is 1.71 bits per heavy atom. The Bertz CT molecular complexity index is 831. The van der Waals surface area contributed by atoms with E-state index in [1.54, 1.807) is 29.0 Å². The fourth-order valence-electron chi connectivity index (χ4n) is 4.11. The molecule has 0 aromatic heterocycles. The van der Waals surface area contributed by atoms with Gasteiger partial charge in [0.1, 0.15) is 6.04 Å². The summed E-state index contributed by atoms with van der Waals surface area (Å²) in [6, 6.07) is 9.17. The zero-order valence-electron chi connectivity index (χ0n) is 17.9. The van der Waals surface area contributed by atoms with Gasteiger partial charge in [-0.3, -0.25) is 19.2 Å². The number of hydrogen-bond acceptors (Lipinski definition) is 4. The number of carbonyl (C=O) groups is 4. The quantitative estimate of drug-likeness (QED) is 0.657. The SMILES string of the molecule is CNC(=O)C1CCCN1C(=O)CNC(=O)C1CCN(C(=O)/C=C/c2ccccc2)CC1. The summed E-state index contributed by atoms with van der Waals surface area (Å²) in [4.78, 5) is 52.5. The highest BCUT2D eigenvalue weighted by Gasteiger charge is 2.34. The molecule has 31 heavy (non-hydrogen) atoms. The van der Waals surface area contributed by atoms with Crippen molar-refractivity contribution in [1.29, 1.82) is 0 Å². The van der Waals surface area contributed by atoms with Crippen molar-refractivity contribution in [2.45, 2.75) is 31.7 Å². The number of likely N-dealkylation sites (tertiary alicyclic amines) is 2. The Morgan fingerprint density at radius 3 is 2.39 bits per heavy atom. The van der Waals surface area contributed by atoms with Crippen LogP contribution in [0.3, 0.4) is 0 Å². The average Bonchev–Trinajstić information content (AvgIpc) is 3.31. The zero-order valence-corrected chi connectivity index (χ0v) is 17.9. The Morgan fingerprint density at radius 1 is 1.00 bits per heavy atom. The zero-order chi connectivity index (χ0) is 22.2. The molecule has 2 aliphatic rings. The molecule has 2 heterocycles. The molecule has 1 atom stereocenters. The monoisotopic (exact) mass is 426 g/mol. The fraction of sp³-hybridized carbons (Fsp3) is 0.478. The highest BCUT2D eigenvalue weighted by Crippen LogP contribution is 2.19. The molecule has 1 unspecified atom stereocenters. The van der Waals surface area contributed by atoms with Crippen molar-refractivity contribution in [1.82, 2.24) is 20.4 Å². The molecule has 1 aromatic carbocycles. The predicted molar refractivity (Wildman–Crippen MR) is 117 cm³/mol. The first-order valence-corrected chi connectivity index (χ1v) is 10.8. The van der Waals surface area contributed by atoms with Gasteiger partial charge in [-0.15, -0.1) is 0 Å². The van der Waals surface area contributed by atoms with Crippen molar-refractivity contribution in [2.75, 3.05) is 33.2 Å². The van der Waals surface area contributed by atoms with E-state index in [2.05, 4.69) is 10.6 Å². The summed E-state index contributed by atoms with van der Waals surface area (Å²) in [5.74, 6) is -0.861. The standard InChI is InChI=1S/C23H30N4O4/c1-24-23(31)19-8-5-13-27(19)21(29)16-25-22(30)18-11-14-26(15-12-18)20(28)10-9-17-6-3-2-4-7-17/h2-4,6-7,9-10,18-19H,5,8,11-16H2,1H3,(H,24,31)(H,25,30)/b10-9+. The molecular formula is C23H30N4O4. The number of hydrogen-bond donors (Lipinski definition) is 2. The lowest BCUT2D eigenvalue weighted by Gasteiger charge is -2.31. The number of carbonyl (C=O) groups excluding carboxylic acids is 4. The normalized spacial score (nSPS) is 19.5. The van der Waals surface area contributed by atoms with Crippen LogP contribution in [-0.4, -0.2) is 72.7 Å². The van der Waals surface area contributed by atoms with E-state index in [9.17, 15) is 19.2 Å². The summed E-state index contributed by atoms with van der Waals surface area (Å²) in [6.07, 6.45) is 5.91. The maximum absolute atomic E-state index is 12.5. The molecule has 0 spiro atoms. The van der Waals surface area contributed by atoms with Gasteiger partial charge in [-0.05, 0) is 37.3 Å². The number of nitrogens with one attached hydrogen (secondary N) is 2. The Hall–Kier alpha value is -3.16. The van der Waals surface area contributed by atoms with Gasteiger partial charge in [-0.2, -0.15) is 0 Å². The molecule has 0 saturated carbocycles. The minimum absolute atomic E-state index is 0.0628. The van der Waals surface area contributed by atoms with Crippen molar-refractivity contribution >= 4 is 29.7 Å². The smallest absolute Gasteiger partial charge is 0.246 e. The number of nitrogens with zero attached hydrogens (tertiary/aromatic N) is 2. The maximum atomic E-state index is 12.5. The highest BCUT2D eigenvalue weighted by molar-refractivity contribution is 5.92. The topological polar surface area (TPSA) is 98.8 Å². The molecule has 3 rings (SSSR count). The van der Waals surface area contributed by atoms with Crippen molar-refractivity contribution < 1.29 is 19.2 Å². The number of likely N-dealkylation sites (N-methyl/N-ethyl adjacent to an activating group) is 1. The van der Waals surface area contributed by atoms with Crippen LogP contribution in [0.1, 0.15) is 31.2 Å². The first-order valence-electron chi connectivity index (χ1n) is 10.8. The van der Waals surface area contributed by atoms with Gasteiger partial charge in [-0.25, -0.2) is 0 Å². The first kappa shape index (κ1) is 22.5. The first-order chi connectivity index (χ1) is 15.0. The molecule has 2 aliphatic heterocycles. The summed E-state index contributed by atoms with van der Waals surface area (Å²) in [5.41, 5.74) is 0.964. The molecule has 4 amide bonds.